The van der Waals surface area contributed by atoms with Crippen LogP contribution in [0.15, 0.2) is 47.5 Å². The van der Waals surface area contributed by atoms with E-state index in [4.69, 9.17) is 11.6 Å². The summed E-state index contributed by atoms with van der Waals surface area (Å²) in [6.07, 6.45) is 2.54. The van der Waals surface area contributed by atoms with Crippen LogP contribution < -0.4 is 10.5 Å². The van der Waals surface area contributed by atoms with Gasteiger partial charge in [-0.25, -0.2) is 13.8 Å². The Bertz CT molecular complexity index is 1320. The Balaban J connectivity index is 1.34. The zero-order valence-corrected chi connectivity index (χ0v) is 18.6. The van der Waals surface area contributed by atoms with Crippen LogP contribution in [0.1, 0.15) is 10.4 Å². The number of aromatic nitrogens is 3. The van der Waals surface area contributed by atoms with E-state index < -0.39 is 11.6 Å². The Morgan fingerprint density at radius 2 is 1.88 bits per heavy atom. The van der Waals surface area contributed by atoms with E-state index in [0.29, 0.717) is 24.6 Å². The molecule has 7 nitrogen and oxygen atoms in total. The predicted molar refractivity (Wildman–Crippen MR) is 119 cm³/mol. The maximum atomic E-state index is 14.2. The van der Waals surface area contributed by atoms with Crippen LogP contribution in [0.2, 0.25) is 5.02 Å². The van der Waals surface area contributed by atoms with Crippen LogP contribution in [0.25, 0.3) is 11.3 Å². The van der Waals surface area contributed by atoms with Crippen molar-refractivity contribution in [2.45, 2.75) is 6.04 Å². The van der Waals surface area contributed by atoms with Gasteiger partial charge in [-0.15, -0.1) is 0 Å². The van der Waals surface area contributed by atoms with E-state index in [1.807, 2.05) is 11.9 Å². The lowest BCUT2D eigenvalue weighted by molar-refractivity contribution is 0.0772. The van der Waals surface area contributed by atoms with Gasteiger partial charge in [0.15, 0.2) is 5.82 Å². The van der Waals surface area contributed by atoms with E-state index in [0.717, 1.165) is 6.20 Å². The first-order valence-electron chi connectivity index (χ1n) is 10.4. The third-order valence-electron chi connectivity index (χ3n) is 6.52. The molecular formula is C23H20ClF2N5O2. The molecule has 1 unspecified atom stereocenters. The van der Waals surface area contributed by atoms with Crippen LogP contribution >= 0.6 is 11.6 Å². The fourth-order valence-corrected chi connectivity index (χ4v) is 4.92. The highest BCUT2D eigenvalue weighted by molar-refractivity contribution is 6.31. The minimum atomic E-state index is -0.564. The van der Waals surface area contributed by atoms with Crippen molar-refractivity contribution in [2.24, 2.45) is 18.9 Å². The summed E-state index contributed by atoms with van der Waals surface area (Å²) in [7, 11) is 3.48. The van der Waals surface area contributed by atoms with Crippen molar-refractivity contribution in [2.75, 3.05) is 25.0 Å². The average Bonchev–Trinajstić information content (AvgIpc) is 3.29. The van der Waals surface area contributed by atoms with Crippen molar-refractivity contribution < 1.29 is 13.6 Å². The van der Waals surface area contributed by atoms with Crippen LogP contribution in [0.5, 0.6) is 0 Å². The summed E-state index contributed by atoms with van der Waals surface area (Å²) in [6.45, 7) is 1.08. The lowest BCUT2D eigenvalue weighted by Crippen LogP contribution is -2.38. The van der Waals surface area contributed by atoms with Gasteiger partial charge in [-0.1, -0.05) is 11.6 Å². The van der Waals surface area contributed by atoms with Crippen molar-refractivity contribution >= 4 is 23.5 Å². The largest absolute Gasteiger partial charge is 0.342 e. The second-order valence-corrected chi connectivity index (χ2v) is 8.87. The van der Waals surface area contributed by atoms with Gasteiger partial charge in [-0.3, -0.25) is 19.1 Å². The molecule has 3 atom stereocenters. The van der Waals surface area contributed by atoms with Gasteiger partial charge in [0, 0.05) is 68.5 Å². The summed E-state index contributed by atoms with van der Waals surface area (Å²) in [5, 5.41) is -0.0830. The van der Waals surface area contributed by atoms with Crippen LogP contribution in [0.4, 0.5) is 14.7 Å². The molecule has 3 heterocycles. The summed E-state index contributed by atoms with van der Waals surface area (Å²) in [4.78, 5) is 37.3. The molecule has 170 valence electrons. The Hall–Kier alpha value is -3.33. The Kier molecular flexibility index (Phi) is 5.16. The molecule has 10 heteroatoms. The Morgan fingerprint density at radius 1 is 1.15 bits per heavy atom. The zero-order valence-electron chi connectivity index (χ0n) is 17.9. The first-order chi connectivity index (χ1) is 15.8. The molecule has 33 heavy (non-hydrogen) atoms. The number of pyridine rings is 1. The summed E-state index contributed by atoms with van der Waals surface area (Å²) in [5.41, 5.74) is 0.510. The molecule has 5 rings (SSSR count). The van der Waals surface area contributed by atoms with E-state index in [1.165, 1.54) is 41.1 Å². The number of nitrogens with zero attached hydrogens (tertiary/aromatic N) is 5. The number of hydrogen-bond donors (Lipinski definition) is 0. The molecule has 0 radical (unpaired) electrons. The van der Waals surface area contributed by atoms with Gasteiger partial charge in [0.2, 0.25) is 5.95 Å². The standard InChI is InChI=1S/C23H20ClF2N5O2/c1-29-20(32)8-19(13-5-6-27-9-18(13)26)28-23(29)30(2)21-14-10-31(11-15(14)21)22(33)12-3-4-17(25)16(24)7-12/h3-9,14-15,21H,10-11H2,1-2H3/t14-,15+,21?. The number of amides is 1. The van der Waals surface area contributed by atoms with Gasteiger partial charge in [0.25, 0.3) is 11.5 Å². The first-order valence-corrected chi connectivity index (χ1v) is 10.8. The second kappa shape index (κ2) is 7.91. The molecule has 1 saturated carbocycles. The number of rotatable bonds is 4. The van der Waals surface area contributed by atoms with E-state index in [1.54, 1.807) is 11.9 Å². The lowest BCUT2D eigenvalue weighted by atomic mass is 10.2. The van der Waals surface area contributed by atoms with Gasteiger partial charge in [0.1, 0.15) is 5.82 Å². The Labute approximate surface area is 193 Å². The number of fused-ring (bicyclic) bond motifs is 1. The highest BCUT2D eigenvalue weighted by Crippen LogP contribution is 2.49. The van der Waals surface area contributed by atoms with E-state index in [-0.39, 0.29) is 45.6 Å². The molecule has 0 bridgehead atoms. The molecule has 0 spiro atoms. The summed E-state index contributed by atoms with van der Waals surface area (Å²) in [6, 6.07) is 6.85. The van der Waals surface area contributed by atoms with Crippen molar-refractivity contribution in [1.29, 1.82) is 0 Å². The average molecular weight is 472 g/mol. The van der Waals surface area contributed by atoms with Gasteiger partial charge in [-0.2, -0.15) is 0 Å². The molecule has 1 aromatic carbocycles. The number of hydrogen-bond acceptors (Lipinski definition) is 5. The van der Waals surface area contributed by atoms with Gasteiger partial charge in [0.05, 0.1) is 16.9 Å². The minimum Gasteiger partial charge on any atom is -0.342 e. The van der Waals surface area contributed by atoms with Crippen LogP contribution in [0, 0.1) is 23.5 Å². The quantitative estimate of drug-likeness (QED) is 0.585. The predicted octanol–water partition coefficient (Wildman–Crippen LogP) is 2.98. The lowest BCUT2D eigenvalue weighted by Gasteiger charge is -2.26. The van der Waals surface area contributed by atoms with E-state index >= 15 is 0 Å². The zero-order chi connectivity index (χ0) is 23.4. The van der Waals surface area contributed by atoms with Crippen molar-refractivity contribution in [3.05, 3.63) is 75.3 Å². The maximum Gasteiger partial charge on any atom is 0.255 e. The number of anilines is 1. The van der Waals surface area contributed by atoms with Crippen LogP contribution in [-0.2, 0) is 7.05 Å². The number of benzene rings is 1. The van der Waals surface area contributed by atoms with Gasteiger partial charge >= 0.3 is 0 Å². The fraction of sp³-hybridized carbons (Fsp3) is 0.304. The number of likely N-dealkylation sites (tertiary alicyclic amines) is 1. The normalized spacial score (nSPS) is 21.1. The summed E-state index contributed by atoms with van der Waals surface area (Å²) >= 11 is 5.81. The SMILES string of the molecule is CN(c1nc(-c2ccncc2F)cc(=O)n1C)C1[C@H]2CN(C(=O)c3ccc(F)c(Cl)c3)C[C@@H]12. The van der Waals surface area contributed by atoms with E-state index in [9.17, 15) is 18.4 Å². The molecule has 1 aliphatic carbocycles. The van der Waals surface area contributed by atoms with Crippen LogP contribution in [0.3, 0.4) is 0 Å². The van der Waals surface area contributed by atoms with Gasteiger partial charge in [-0.05, 0) is 24.3 Å². The third-order valence-corrected chi connectivity index (χ3v) is 6.81. The number of carbonyl (C=O) groups excluding carboxylic acids is 1. The molecule has 1 amide bonds. The maximum absolute atomic E-state index is 14.2. The minimum absolute atomic E-state index is 0.0830. The third kappa shape index (κ3) is 3.66. The molecule has 1 aliphatic heterocycles. The molecule has 2 aromatic heterocycles. The molecule has 2 aliphatic rings. The molecule has 1 saturated heterocycles. The smallest absolute Gasteiger partial charge is 0.255 e. The Morgan fingerprint density at radius 3 is 2.55 bits per heavy atom. The number of halogens is 3. The highest BCUT2D eigenvalue weighted by atomic mass is 35.5. The number of piperidine rings is 1. The van der Waals surface area contributed by atoms with Crippen molar-refractivity contribution in [3.8, 4) is 11.3 Å². The molecule has 3 aromatic rings. The molecular weight excluding hydrogens is 452 g/mol. The second-order valence-electron chi connectivity index (χ2n) is 8.46. The van der Waals surface area contributed by atoms with Gasteiger partial charge < -0.3 is 9.80 Å². The monoisotopic (exact) mass is 471 g/mol. The van der Waals surface area contributed by atoms with Crippen molar-refractivity contribution in [1.82, 2.24) is 19.4 Å². The molecule has 2 fully saturated rings. The van der Waals surface area contributed by atoms with Crippen LogP contribution in [-0.4, -0.2) is 51.5 Å². The topological polar surface area (TPSA) is 71.3 Å². The fourth-order valence-electron chi connectivity index (χ4n) is 4.74. The highest BCUT2D eigenvalue weighted by Gasteiger charge is 2.59. The molecule has 0 N–H and O–H groups in total. The van der Waals surface area contributed by atoms with E-state index in [2.05, 4.69) is 9.97 Å². The summed E-state index contributed by atoms with van der Waals surface area (Å²) < 4.78 is 29.1. The first kappa shape index (κ1) is 21.5. The van der Waals surface area contributed by atoms with Crippen molar-refractivity contribution in [3.63, 3.8) is 0 Å². The summed E-state index contributed by atoms with van der Waals surface area (Å²) in [5.74, 6) is -0.444. The number of carbonyl (C=O) groups is 1.